The summed E-state index contributed by atoms with van der Waals surface area (Å²) >= 11 is 0. The van der Waals surface area contributed by atoms with E-state index in [2.05, 4.69) is 30.3 Å². The second-order valence-corrected chi connectivity index (χ2v) is 7.07. The van der Waals surface area contributed by atoms with Crippen LogP contribution in [0, 0.1) is 0 Å². The third-order valence-corrected chi connectivity index (χ3v) is 4.88. The number of aromatic nitrogens is 4. The van der Waals surface area contributed by atoms with Crippen molar-refractivity contribution in [1.82, 2.24) is 30.3 Å². The lowest BCUT2D eigenvalue weighted by Gasteiger charge is -2.34. The molecule has 0 aromatic carbocycles. The van der Waals surface area contributed by atoms with Gasteiger partial charge in [-0.15, -0.1) is 0 Å². The summed E-state index contributed by atoms with van der Waals surface area (Å²) in [7, 11) is 1.74. The highest BCUT2D eigenvalue weighted by molar-refractivity contribution is 5.74. The monoisotopic (exact) mass is 393 g/mol. The fraction of sp³-hybridized carbons (Fsp3) is 0.350. The molecule has 3 aromatic rings. The van der Waals surface area contributed by atoms with E-state index in [1.807, 2.05) is 18.2 Å². The first kappa shape index (κ1) is 18.9. The van der Waals surface area contributed by atoms with Crippen LogP contribution in [0.25, 0.3) is 11.3 Å². The Labute approximate surface area is 168 Å². The van der Waals surface area contributed by atoms with Gasteiger partial charge in [-0.1, -0.05) is 5.16 Å². The number of anilines is 1. The van der Waals surface area contributed by atoms with Gasteiger partial charge in [0.05, 0.1) is 12.7 Å². The molecule has 2 amide bonds. The summed E-state index contributed by atoms with van der Waals surface area (Å²) in [6, 6.07) is 5.50. The van der Waals surface area contributed by atoms with Crippen molar-refractivity contribution in [3.05, 3.63) is 54.9 Å². The minimum absolute atomic E-state index is 0.0568. The lowest BCUT2D eigenvalue weighted by Crippen LogP contribution is -2.51. The maximum absolute atomic E-state index is 12.6. The maximum Gasteiger partial charge on any atom is 0.317 e. The summed E-state index contributed by atoms with van der Waals surface area (Å²) in [6.07, 6.45) is 10.4. The standard InChI is InChI=1S/C20H23N7O2/c1-26(14-17-10-18(25-29-17)15-4-2-6-21-11-15)20(28)24-16-5-3-9-27(13-16)19-12-22-7-8-23-19/h2,4,6-8,10-12,16H,3,5,9,13-14H2,1H3,(H,24,28). The van der Waals surface area contributed by atoms with Gasteiger partial charge in [0.25, 0.3) is 0 Å². The number of amides is 2. The normalized spacial score (nSPS) is 16.4. The molecule has 1 fully saturated rings. The fourth-order valence-corrected chi connectivity index (χ4v) is 3.39. The minimum Gasteiger partial charge on any atom is -0.359 e. The number of urea groups is 1. The number of nitrogens with zero attached hydrogens (tertiary/aromatic N) is 6. The highest BCUT2D eigenvalue weighted by atomic mass is 16.5. The van der Waals surface area contributed by atoms with Crippen LogP contribution >= 0.6 is 0 Å². The summed E-state index contributed by atoms with van der Waals surface area (Å²) in [5.74, 6) is 1.45. The van der Waals surface area contributed by atoms with E-state index < -0.39 is 0 Å². The minimum atomic E-state index is -0.143. The van der Waals surface area contributed by atoms with Crippen LogP contribution in [-0.4, -0.2) is 57.2 Å². The molecule has 9 nitrogen and oxygen atoms in total. The molecular weight excluding hydrogens is 370 g/mol. The number of carbonyl (C=O) groups is 1. The van der Waals surface area contributed by atoms with E-state index in [0.29, 0.717) is 24.5 Å². The highest BCUT2D eigenvalue weighted by Gasteiger charge is 2.24. The predicted molar refractivity (Wildman–Crippen MR) is 107 cm³/mol. The van der Waals surface area contributed by atoms with Gasteiger partial charge in [-0.3, -0.25) is 9.97 Å². The first-order valence-corrected chi connectivity index (χ1v) is 9.57. The second-order valence-electron chi connectivity index (χ2n) is 7.07. The third kappa shape index (κ3) is 4.68. The predicted octanol–water partition coefficient (Wildman–Crippen LogP) is 2.34. The van der Waals surface area contributed by atoms with Gasteiger partial charge in [-0.2, -0.15) is 0 Å². The SMILES string of the molecule is CN(Cc1cc(-c2cccnc2)no1)C(=O)NC1CCCN(c2cnccn2)C1. The molecule has 1 aliphatic rings. The lowest BCUT2D eigenvalue weighted by atomic mass is 10.1. The number of carbonyl (C=O) groups excluding carboxylic acids is 1. The van der Waals surface area contributed by atoms with Crippen LogP contribution in [0.15, 0.2) is 53.7 Å². The molecule has 1 atom stereocenters. The summed E-state index contributed by atoms with van der Waals surface area (Å²) in [5, 5.41) is 7.17. The van der Waals surface area contributed by atoms with Crippen molar-refractivity contribution in [2.45, 2.75) is 25.4 Å². The molecule has 1 aliphatic heterocycles. The Morgan fingerprint density at radius 1 is 1.31 bits per heavy atom. The molecule has 1 saturated heterocycles. The number of pyridine rings is 1. The Morgan fingerprint density at radius 3 is 3.00 bits per heavy atom. The molecule has 3 aromatic heterocycles. The van der Waals surface area contributed by atoms with E-state index in [4.69, 9.17) is 4.52 Å². The number of rotatable bonds is 5. The highest BCUT2D eigenvalue weighted by Crippen LogP contribution is 2.19. The molecule has 0 saturated carbocycles. The van der Waals surface area contributed by atoms with Gasteiger partial charge >= 0.3 is 6.03 Å². The number of hydrogen-bond donors (Lipinski definition) is 1. The zero-order valence-electron chi connectivity index (χ0n) is 16.2. The average molecular weight is 393 g/mol. The Kier molecular flexibility index (Phi) is 5.64. The molecule has 0 aliphatic carbocycles. The molecule has 4 heterocycles. The molecular formula is C20H23N7O2. The van der Waals surface area contributed by atoms with E-state index in [-0.39, 0.29) is 12.1 Å². The van der Waals surface area contributed by atoms with Crippen LogP contribution in [0.5, 0.6) is 0 Å². The van der Waals surface area contributed by atoms with E-state index in [1.54, 1.807) is 42.9 Å². The molecule has 0 spiro atoms. The van der Waals surface area contributed by atoms with Crippen molar-refractivity contribution in [1.29, 1.82) is 0 Å². The van der Waals surface area contributed by atoms with Crippen LogP contribution in [0.2, 0.25) is 0 Å². The molecule has 0 bridgehead atoms. The molecule has 9 heteroatoms. The molecule has 4 rings (SSSR count). The first-order valence-electron chi connectivity index (χ1n) is 9.57. The zero-order valence-corrected chi connectivity index (χ0v) is 16.2. The summed E-state index contributed by atoms with van der Waals surface area (Å²) in [5.41, 5.74) is 1.58. The molecule has 0 radical (unpaired) electrons. The largest absolute Gasteiger partial charge is 0.359 e. The third-order valence-electron chi connectivity index (χ3n) is 4.88. The van der Waals surface area contributed by atoms with Crippen LogP contribution in [0.1, 0.15) is 18.6 Å². The Bertz CT molecular complexity index is 932. The van der Waals surface area contributed by atoms with Crippen molar-refractivity contribution in [2.24, 2.45) is 0 Å². The van der Waals surface area contributed by atoms with Crippen molar-refractivity contribution in [3.8, 4) is 11.3 Å². The van der Waals surface area contributed by atoms with Gasteiger partial charge in [0.1, 0.15) is 11.5 Å². The summed E-state index contributed by atoms with van der Waals surface area (Å²) in [4.78, 5) is 28.9. The van der Waals surface area contributed by atoms with Gasteiger partial charge in [0, 0.05) is 62.6 Å². The molecule has 150 valence electrons. The maximum atomic E-state index is 12.6. The molecule has 1 N–H and O–H groups in total. The van der Waals surface area contributed by atoms with Crippen molar-refractivity contribution >= 4 is 11.8 Å². The van der Waals surface area contributed by atoms with Crippen LogP contribution < -0.4 is 10.2 Å². The van der Waals surface area contributed by atoms with Crippen LogP contribution in [0.4, 0.5) is 10.6 Å². The fourth-order valence-electron chi connectivity index (χ4n) is 3.39. The van der Waals surface area contributed by atoms with Crippen molar-refractivity contribution in [2.75, 3.05) is 25.0 Å². The molecule has 29 heavy (non-hydrogen) atoms. The van der Waals surface area contributed by atoms with Gasteiger partial charge in [-0.05, 0) is 25.0 Å². The van der Waals surface area contributed by atoms with E-state index in [9.17, 15) is 4.79 Å². The van der Waals surface area contributed by atoms with Gasteiger partial charge in [0.15, 0.2) is 5.76 Å². The lowest BCUT2D eigenvalue weighted by molar-refractivity contribution is 0.195. The zero-order chi connectivity index (χ0) is 20.1. The van der Waals surface area contributed by atoms with Crippen LogP contribution in [-0.2, 0) is 6.54 Å². The van der Waals surface area contributed by atoms with Crippen molar-refractivity contribution in [3.63, 3.8) is 0 Å². The Hall–Kier alpha value is -3.49. The smallest absolute Gasteiger partial charge is 0.317 e. The van der Waals surface area contributed by atoms with Gasteiger partial charge in [0.2, 0.25) is 0 Å². The number of hydrogen-bond acceptors (Lipinski definition) is 7. The van der Waals surface area contributed by atoms with E-state index in [1.165, 1.54) is 0 Å². The number of piperidine rings is 1. The van der Waals surface area contributed by atoms with E-state index >= 15 is 0 Å². The van der Waals surface area contributed by atoms with Gasteiger partial charge in [-0.25, -0.2) is 9.78 Å². The Balaban J connectivity index is 1.32. The summed E-state index contributed by atoms with van der Waals surface area (Å²) < 4.78 is 5.38. The van der Waals surface area contributed by atoms with Crippen molar-refractivity contribution < 1.29 is 9.32 Å². The first-order chi connectivity index (χ1) is 14.2. The van der Waals surface area contributed by atoms with Crippen LogP contribution in [0.3, 0.4) is 0 Å². The molecule has 1 unspecified atom stereocenters. The quantitative estimate of drug-likeness (QED) is 0.710. The topological polar surface area (TPSA) is 100 Å². The second kappa shape index (κ2) is 8.68. The van der Waals surface area contributed by atoms with Gasteiger partial charge < -0.3 is 19.6 Å². The average Bonchev–Trinajstić information content (AvgIpc) is 3.23. The Morgan fingerprint density at radius 2 is 2.21 bits per heavy atom. The summed E-state index contributed by atoms with van der Waals surface area (Å²) in [6.45, 7) is 1.96. The number of nitrogens with one attached hydrogen (secondary N) is 1. The van der Waals surface area contributed by atoms with E-state index in [0.717, 1.165) is 30.8 Å².